The van der Waals surface area contributed by atoms with Crippen molar-refractivity contribution in [2.75, 3.05) is 71.1 Å². The molecule has 1 unspecified atom stereocenters. The molecule has 2 fully saturated rings. The van der Waals surface area contributed by atoms with Crippen molar-refractivity contribution in [2.24, 2.45) is 0 Å². The van der Waals surface area contributed by atoms with E-state index < -0.39 is 5.60 Å². The van der Waals surface area contributed by atoms with E-state index >= 15 is 0 Å². The van der Waals surface area contributed by atoms with Gasteiger partial charge in [0.1, 0.15) is 18.2 Å². The van der Waals surface area contributed by atoms with Gasteiger partial charge in [-0.3, -0.25) is 4.90 Å². The molecule has 2 aliphatic heterocycles. The first-order chi connectivity index (χ1) is 16.0. The van der Waals surface area contributed by atoms with Gasteiger partial charge >= 0.3 is 0 Å². The highest BCUT2D eigenvalue weighted by Gasteiger charge is 2.36. The van der Waals surface area contributed by atoms with Crippen molar-refractivity contribution < 1.29 is 23.7 Å². The molecule has 0 spiro atoms. The highest BCUT2D eigenvalue weighted by atomic mass is 19.1. The van der Waals surface area contributed by atoms with Crippen LogP contribution in [0.5, 0.6) is 11.5 Å². The number of nitrogens with zero attached hydrogens (tertiary/aromatic N) is 3. The number of benzene rings is 1. The van der Waals surface area contributed by atoms with Crippen molar-refractivity contribution in [1.82, 2.24) is 15.2 Å². The average molecular weight is 461 g/mol. The molecular weight excluding hydrogens is 427 g/mol. The van der Waals surface area contributed by atoms with Crippen LogP contribution >= 0.6 is 0 Å². The third kappa shape index (κ3) is 6.54. The number of hydrogen-bond donors (Lipinski definition) is 2. The minimum Gasteiger partial charge on any atom is -0.493 e. The molecule has 0 saturated carbocycles. The van der Waals surface area contributed by atoms with Gasteiger partial charge in [-0.25, -0.2) is 9.37 Å². The van der Waals surface area contributed by atoms with Crippen molar-refractivity contribution in [3.63, 3.8) is 0 Å². The third-order valence-electron chi connectivity index (χ3n) is 6.15. The normalized spacial score (nSPS) is 21.4. The maximum atomic E-state index is 13.1. The lowest BCUT2D eigenvalue weighted by molar-refractivity contribution is 0.0321. The molecule has 9 heteroatoms. The van der Waals surface area contributed by atoms with Gasteiger partial charge in [0.2, 0.25) is 0 Å². The summed E-state index contributed by atoms with van der Waals surface area (Å²) >= 11 is 0. The Balaban J connectivity index is 1.23. The quantitative estimate of drug-likeness (QED) is 0.555. The van der Waals surface area contributed by atoms with Crippen molar-refractivity contribution in [3.05, 3.63) is 47.9 Å². The third-order valence-corrected chi connectivity index (χ3v) is 6.15. The molecule has 180 valence electrons. The second kappa shape index (κ2) is 11.1. The van der Waals surface area contributed by atoms with E-state index in [9.17, 15) is 9.50 Å². The predicted molar refractivity (Wildman–Crippen MR) is 123 cm³/mol. The summed E-state index contributed by atoms with van der Waals surface area (Å²) in [5, 5.41) is 14.3. The summed E-state index contributed by atoms with van der Waals surface area (Å²) in [5.41, 5.74) is 0.189. The van der Waals surface area contributed by atoms with E-state index in [1.807, 2.05) is 23.1 Å². The van der Waals surface area contributed by atoms with Crippen LogP contribution in [0.4, 0.5) is 10.2 Å². The zero-order valence-corrected chi connectivity index (χ0v) is 19.1. The summed E-state index contributed by atoms with van der Waals surface area (Å²) in [5.74, 6) is 1.75. The maximum absolute atomic E-state index is 13.1. The number of morpholine rings is 1. The lowest BCUT2D eigenvalue weighted by Gasteiger charge is -2.26. The number of rotatable bonds is 10. The Kier molecular flexibility index (Phi) is 7.97. The molecule has 0 radical (unpaired) electrons. The van der Waals surface area contributed by atoms with Crippen LogP contribution < -0.4 is 19.7 Å². The molecule has 8 nitrogen and oxygen atoms in total. The minimum atomic E-state index is -0.858. The zero-order valence-electron chi connectivity index (χ0n) is 19.1. The number of ether oxygens (including phenoxy) is 3. The average Bonchev–Trinajstić information content (AvgIpc) is 3.23. The smallest absolute Gasteiger partial charge is 0.161 e. The van der Waals surface area contributed by atoms with Gasteiger partial charge in [0, 0.05) is 45.8 Å². The van der Waals surface area contributed by atoms with E-state index in [1.165, 1.54) is 12.3 Å². The van der Waals surface area contributed by atoms with Gasteiger partial charge in [-0.1, -0.05) is 6.07 Å². The van der Waals surface area contributed by atoms with Gasteiger partial charge < -0.3 is 29.5 Å². The molecular formula is C24H33FN4O4. The van der Waals surface area contributed by atoms with Gasteiger partial charge in [-0.15, -0.1) is 0 Å². The first-order valence-corrected chi connectivity index (χ1v) is 11.4. The van der Waals surface area contributed by atoms with E-state index in [-0.39, 0.29) is 5.82 Å². The summed E-state index contributed by atoms with van der Waals surface area (Å²) in [6.07, 6.45) is 1.83. The van der Waals surface area contributed by atoms with E-state index in [2.05, 4.69) is 15.2 Å². The lowest BCUT2D eigenvalue weighted by atomic mass is 10.0. The molecule has 1 aromatic carbocycles. The number of hydrogen-bond acceptors (Lipinski definition) is 8. The van der Waals surface area contributed by atoms with Crippen LogP contribution in [-0.4, -0.2) is 86.8 Å². The number of pyridine rings is 1. The first kappa shape index (κ1) is 23.7. The fraction of sp³-hybridized carbons (Fsp3) is 0.542. The lowest BCUT2D eigenvalue weighted by Crippen LogP contribution is -2.43. The van der Waals surface area contributed by atoms with Crippen molar-refractivity contribution in [3.8, 4) is 11.5 Å². The number of halogens is 1. The van der Waals surface area contributed by atoms with Gasteiger partial charge in [-0.2, -0.15) is 0 Å². The molecule has 1 aromatic heterocycles. The number of aliphatic hydroxyl groups is 1. The monoisotopic (exact) mass is 460 g/mol. The van der Waals surface area contributed by atoms with Gasteiger partial charge in [0.05, 0.1) is 32.1 Å². The summed E-state index contributed by atoms with van der Waals surface area (Å²) in [7, 11) is 1.64. The van der Waals surface area contributed by atoms with Crippen molar-refractivity contribution in [2.45, 2.75) is 18.6 Å². The Morgan fingerprint density at radius 2 is 2.03 bits per heavy atom. The van der Waals surface area contributed by atoms with Gasteiger partial charge in [-0.05, 0) is 36.2 Å². The summed E-state index contributed by atoms with van der Waals surface area (Å²) in [6, 6.07) is 8.94. The summed E-state index contributed by atoms with van der Waals surface area (Å²) in [4.78, 5) is 8.42. The van der Waals surface area contributed by atoms with Crippen LogP contribution in [0.25, 0.3) is 0 Å². The maximum Gasteiger partial charge on any atom is 0.161 e. The molecule has 4 rings (SSSR count). The van der Waals surface area contributed by atoms with Crippen LogP contribution in [0.1, 0.15) is 12.0 Å². The van der Waals surface area contributed by atoms with E-state index in [4.69, 9.17) is 14.2 Å². The molecule has 0 amide bonds. The van der Waals surface area contributed by atoms with Crippen LogP contribution in [0.15, 0.2) is 36.5 Å². The first-order valence-electron chi connectivity index (χ1n) is 11.4. The van der Waals surface area contributed by atoms with Crippen molar-refractivity contribution in [1.29, 1.82) is 0 Å². The Bertz CT molecular complexity index is 895. The number of aromatic nitrogens is 1. The van der Waals surface area contributed by atoms with Crippen LogP contribution in [-0.2, 0) is 11.3 Å². The molecule has 2 aromatic rings. The van der Waals surface area contributed by atoms with Crippen LogP contribution in [0.3, 0.4) is 0 Å². The highest BCUT2D eigenvalue weighted by Crippen LogP contribution is 2.29. The molecule has 1 atom stereocenters. The SMILES string of the molecule is COc1cc(CNCC2(O)CCN(c3ccc(F)cn3)C2)ccc1OCCN1CCOCC1. The Morgan fingerprint density at radius 1 is 1.18 bits per heavy atom. The molecule has 0 bridgehead atoms. The number of methoxy groups -OCH3 is 1. The van der Waals surface area contributed by atoms with Crippen LogP contribution in [0, 0.1) is 5.82 Å². The van der Waals surface area contributed by atoms with E-state index in [0.29, 0.717) is 50.8 Å². The summed E-state index contributed by atoms with van der Waals surface area (Å²) in [6.45, 7) is 7.08. The largest absolute Gasteiger partial charge is 0.493 e. The topological polar surface area (TPSA) is 79.3 Å². The second-order valence-electron chi connectivity index (χ2n) is 8.62. The second-order valence-corrected chi connectivity index (χ2v) is 8.62. The Hall–Kier alpha value is -2.46. The molecule has 3 heterocycles. The summed E-state index contributed by atoms with van der Waals surface area (Å²) < 4.78 is 29.9. The Labute approximate surface area is 194 Å². The highest BCUT2D eigenvalue weighted by molar-refractivity contribution is 5.43. The number of nitrogens with one attached hydrogen (secondary N) is 1. The minimum absolute atomic E-state index is 0.362. The molecule has 2 aliphatic rings. The fourth-order valence-corrected chi connectivity index (χ4v) is 4.24. The zero-order chi connectivity index (χ0) is 23.1. The number of anilines is 1. The fourth-order valence-electron chi connectivity index (χ4n) is 4.24. The predicted octanol–water partition coefficient (Wildman–Crippen LogP) is 1.67. The van der Waals surface area contributed by atoms with Crippen molar-refractivity contribution >= 4 is 5.82 Å². The van der Waals surface area contributed by atoms with Gasteiger partial charge in [0.15, 0.2) is 11.5 Å². The Morgan fingerprint density at radius 3 is 2.79 bits per heavy atom. The molecule has 2 N–H and O–H groups in total. The van der Waals surface area contributed by atoms with Gasteiger partial charge in [0.25, 0.3) is 0 Å². The standard InChI is InChI=1S/C24H33FN4O4/c1-31-22-14-19(2-4-21(22)33-13-10-28-8-11-32-12-9-28)15-26-17-24(30)6-7-29(18-24)23-5-3-20(25)16-27-23/h2-5,14,16,26,30H,6-13,15,17-18H2,1H3. The molecule has 0 aliphatic carbocycles. The van der Waals surface area contributed by atoms with Crippen LogP contribution in [0.2, 0.25) is 0 Å². The van der Waals surface area contributed by atoms with E-state index in [0.717, 1.165) is 44.2 Å². The number of β-amino-alcohol motifs (C(OH)–C–C–N with tert-alkyl or cyclic N) is 1. The molecule has 2 saturated heterocycles. The molecule has 33 heavy (non-hydrogen) atoms. The van der Waals surface area contributed by atoms with E-state index in [1.54, 1.807) is 13.2 Å².